The first-order valence-electron chi connectivity index (χ1n) is 6.76. The Balaban J connectivity index is 2.24. The summed E-state index contributed by atoms with van der Waals surface area (Å²) in [6, 6.07) is -0.964. The molecule has 3 N–H and O–H groups in total. The lowest BCUT2D eigenvalue weighted by molar-refractivity contribution is -0.142. The van der Waals surface area contributed by atoms with Gasteiger partial charge < -0.3 is 15.5 Å². The number of carboxylic acid groups (broad SMARTS) is 1. The monoisotopic (exact) mass is 257 g/mol. The van der Waals surface area contributed by atoms with Gasteiger partial charge in [-0.25, -0.2) is 4.79 Å². The Morgan fingerprint density at radius 2 is 1.89 bits per heavy atom. The van der Waals surface area contributed by atoms with Gasteiger partial charge in [0.25, 0.3) is 0 Å². The number of carboxylic acids is 1. The zero-order valence-electron chi connectivity index (χ0n) is 10.7. The highest BCUT2D eigenvalue weighted by Gasteiger charge is 2.20. The van der Waals surface area contributed by atoms with E-state index in [0.717, 1.165) is 6.42 Å². The van der Waals surface area contributed by atoms with Gasteiger partial charge in [0.2, 0.25) is 5.91 Å². The van der Waals surface area contributed by atoms with Crippen LogP contribution in [0.2, 0.25) is 0 Å². The molecule has 1 aliphatic carbocycles. The van der Waals surface area contributed by atoms with Crippen LogP contribution >= 0.6 is 0 Å². The SMILES string of the molecule is O=C(CCC1CCCCC1)N[C@H](CCO)C(=O)O. The Morgan fingerprint density at radius 1 is 1.22 bits per heavy atom. The predicted molar refractivity (Wildman–Crippen MR) is 67.1 cm³/mol. The summed E-state index contributed by atoms with van der Waals surface area (Å²) >= 11 is 0. The van der Waals surface area contributed by atoms with Gasteiger partial charge in [0, 0.05) is 19.4 Å². The van der Waals surface area contributed by atoms with E-state index in [2.05, 4.69) is 5.32 Å². The average molecular weight is 257 g/mol. The normalized spacial score (nSPS) is 18.3. The summed E-state index contributed by atoms with van der Waals surface area (Å²) in [6.45, 7) is -0.236. The molecule has 0 radical (unpaired) electrons. The molecule has 5 heteroatoms. The number of aliphatic carboxylic acids is 1. The molecule has 0 bridgehead atoms. The molecule has 0 spiro atoms. The molecule has 1 saturated carbocycles. The van der Waals surface area contributed by atoms with Crippen LogP contribution in [0.1, 0.15) is 51.4 Å². The highest BCUT2D eigenvalue weighted by Crippen LogP contribution is 2.27. The van der Waals surface area contributed by atoms with Crippen LogP contribution < -0.4 is 5.32 Å². The highest BCUT2D eigenvalue weighted by atomic mass is 16.4. The Hall–Kier alpha value is -1.10. The average Bonchev–Trinajstić information content (AvgIpc) is 2.37. The third-order valence-electron chi connectivity index (χ3n) is 3.56. The van der Waals surface area contributed by atoms with Crippen molar-refractivity contribution in [1.29, 1.82) is 0 Å². The van der Waals surface area contributed by atoms with Crippen LogP contribution in [-0.4, -0.2) is 34.7 Å². The first-order valence-corrected chi connectivity index (χ1v) is 6.76. The van der Waals surface area contributed by atoms with E-state index >= 15 is 0 Å². The third-order valence-corrected chi connectivity index (χ3v) is 3.56. The fourth-order valence-electron chi connectivity index (χ4n) is 2.46. The molecular weight excluding hydrogens is 234 g/mol. The van der Waals surface area contributed by atoms with Crippen molar-refractivity contribution >= 4 is 11.9 Å². The molecule has 0 aliphatic heterocycles. The van der Waals surface area contributed by atoms with E-state index in [9.17, 15) is 9.59 Å². The summed E-state index contributed by atoms with van der Waals surface area (Å²) < 4.78 is 0. The first-order chi connectivity index (χ1) is 8.63. The number of amides is 1. The molecule has 104 valence electrons. The summed E-state index contributed by atoms with van der Waals surface area (Å²) in [6.07, 6.45) is 7.45. The van der Waals surface area contributed by atoms with Gasteiger partial charge in [-0.05, 0) is 12.3 Å². The Morgan fingerprint density at radius 3 is 2.44 bits per heavy atom. The second kappa shape index (κ2) is 8.08. The minimum Gasteiger partial charge on any atom is -0.480 e. The van der Waals surface area contributed by atoms with Gasteiger partial charge in [0.1, 0.15) is 6.04 Å². The summed E-state index contributed by atoms with van der Waals surface area (Å²) in [7, 11) is 0. The van der Waals surface area contributed by atoms with Crippen molar-refractivity contribution in [2.24, 2.45) is 5.92 Å². The zero-order valence-corrected chi connectivity index (χ0v) is 10.7. The van der Waals surface area contributed by atoms with Crippen molar-refractivity contribution in [3.8, 4) is 0 Å². The van der Waals surface area contributed by atoms with Crippen LogP contribution in [0.15, 0.2) is 0 Å². The van der Waals surface area contributed by atoms with E-state index in [-0.39, 0.29) is 18.9 Å². The molecule has 5 nitrogen and oxygen atoms in total. The van der Waals surface area contributed by atoms with Crippen molar-refractivity contribution in [2.75, 3.05) is 6.61 Å². The van der Waals surface area contributed by atoms with E-state index < -0.39 is 12.0 Å². The summed E-state index contributed by atoms with van der Waals surface area (Å²) in [5.41, 5.74) is 0. The molecule has 0 saturated heterocycles. The fourth-order valence-corrected chi connectivity index (χ4v) is 2.46. The molecule has 1 rings (SSSR count). The smallest absolute Gasteiger partial charge is 0.326 e. The number of aliphatic hydroxyl groups is 1. The van der Waals surface area contributed by atoms with Gasteiger partial charge in [-0.2, -0.15) is 0 Å². The van der Waals surface area contributed by atoms with Crippen LogP contribution in [0.4, 0.5) is 0 Å². The molecule has 0 aromatic rings. The Labute approximate surface area is 108 Å². The maximum Gasteiger partial charge on any atom is 0.326 e. The van der Waals surface area contributed by atoms with Gasteiger partial charge in [-0.1, -0.05) is 32.1 Å². The Kier molecular flexibility index (Phi) is 6.72. The highest BCUT2D eigenvalue weighted by molar-refractivity contribution is 5.83. The second-order valence-corrected chi connectivity index (χ2v) is 5.01. The number of hydrogen-bond acceptors (Lipinski definition) is 3. The van der Waals surface area contributed by atoms with E-state index in [4.69, 9.17) is 10.2 Å². The van der Waals surface area contributed by atoms with Crippen LogP contribution in [0.3, 0.4) is 0 Å². The van der Waals surface area contributed by atoms with Crippen molar-refractivity contribution in [3.05, 3.63) is 0 Å². The summed E-state index contributed by atoms with van der Waals surface area (Å²) in [4.78, 5) is 22.4. The lowest BCUT2D eigenvalue weighted by Crippen LogP contribution is -2.41. The summed E-state index contributed by atoms with van der Waals surface area (Å²) in [5, 5.41) is 20.0. The van der Waals surface area contributed by atoms with Crippen molar-refractivity contribution < 1.29 is 19.8 Å². The topological polar surface area (TPSA) is 86.6 Å². The second-order valence-electron chi connectivity index (χ2n) is 5.01. The van der Waals surface area contributed by atoms with Gasteiger partial charge >= 0.3 is 5.97 Å². The lowest BCUT2D eigenvalue weighted by atomic mass is 9.86. The zero-order chi connectivity index (χ0) is 13.4. The fraction of sp³-hybridized carbons (Fsp3) is 0.846. The minimum absolute atomic E-state index is 0.0600. The maximum absolute atomic E-state index is 11.6. The minimum atomic E-state index is -1.09. The molecular formula is C13H23NO4. The van der Waals surface area contributed by atoms with Crippen molar-refractivity contribution in [3.63, 3.8) is 0 Å². The van der Waals surface area contributed by atoms with Crippen LogP contribution in [-0.2, 0) is 9.59 Å². The molecule has 18 heavy (non-hydrogen) atoms. The number of rotatable bonds is 7. The molecule has 1 amide bonds. The van der Waals surface area contributed by atoms with E-state index in [0.29, 0.717) is 12.3 Å². The molecule has 0 unspecified atom stereocenters. The lowest BCUT2D eigenvalue weighted by Gasteiger charge is -2.21. The molecule has 0 aromatic heterocycles. The van der Waals surface area contributed by atoms with E-state index in [1.54, 1.807) is 0 Å². The van der Waals surface area contributed by atoms with Crippen molar-refractivity contribution in [1.82, 2.24) is 5.32 Å². The quantitative estimate of drug-likeness (QED) is 0.641. The Bertz CT molecular complexity index is 274. The van der Waals surface area contributed by atoms with Gasteiger partial charge in [-0.15, -0.1) is 0 Å². The van der Waals surface area contributed by atoms with E-state index in [1.807, 2.05) is 0 Å². The number of carbonyl (C=O) groups is 2. The van der Waals surface area contributed by atoms with Gasteiger partial charge in [0.05, 0.1) is 0 Å². The largest absolute Gasteiger partial charge is 0.480 e. The third kappa shape index (κ3) is 5.49. The number of carbonyl (C=O) groups excluding carboxylic acids is 1. The molecule has 1 fully saturated rings. The number of aliphatic hydroxyl groups excluding tert-OH is 1. The van der Waals surface area contributed by atoms with Gasteiger partial charge in [-0.3, -0.25) is 4.79 Å². The number of hydrogen-bond donors (Lipinski definition) is 3. The van der Waals surface area contributed by atoms with Crippen LogP contribution in [0.25, 0.3) is 0 Å². The number of nitrogens with one attached hydrogen (secondary N) is 1. The molecule has 0 aromatic carbocycles. The first kappa shape index (κ1) is 15.0. The van der Waals surface area contributed by atoms with Crippen LogP contribution in [0, 0.1) is 5.92 Å². The summed E-state index contributed by atoms with van der Waals surface area (Å²) in [5.74, 6) is -0.692. The van der Waals surface area contributed by atoms with Crippen molar-refractivity contribution in [2.45, 2.75) is 57.4 Å². The molecule has 1 aliphatic rings. The van der Waals surface area contributed by atoms with E-state index in [1.165, 1.54) is 32.1 Å². The molecule has 1 atom stereocenters. The molecule has 0 heterocycles. The van der Waals surface area contributed by atoms with Crippen LogP contribution in [0.5, 0.6) is 0 Å². The maximum atomic E-state index is 11.6. The van der Waals surface area contributed by atoms with Gasteiger partial charge in [0.15, 0.2) is 0 Å². The predicted octanol–water partition coefficient (Wildman–Crippen LogP) is 1.30. The standard InChI is InChI=1S/C13H23NO4/c15-9-8-11(13(17)18)14-12(16)7-6-10-4-2-1-3-5-10/h10-11,15H,1-9H2,(H,14,16)(H,17,18)/t11-/m1/s1.